The molecule has 0 atom stereocenters. The monoisotopic (exact) mass is 169 g/mol. The molecule has 0 aromatic carbocycles. The topological polar surface area (TPSA) is 20.3 Å². The standard InChI is InChI=1S/C8H8ClNO/c1-3-5-10(6-4-2)8(11)7-9/h1-2H,5-7H2. The van der Waals surface area contributed by atoms with Gasteiger partial charge in [-0.25, -0.2) is 0 Å². The fourth-order valence-corrected chi connectivity index (χ4v) is 0.706. The van der Waals surface area contributed by atoms with Gasteiger partial charge in [0.1, 0.15) is 5.88 Å². The number of rotatable bonds is 3. The molecule has 0 aliphatic rings. The summed E-state index contributed by atoms with van der Waals surface area (Å²) in [5, 5.41) is 0. The highest BCUT2D eigenvalue weighted by molar-refractivity contribution is 6.27. The molecule has 1 amide bonds. The third kappa shape index (κ3) is 3.55. The number of alkyl halides is 1. The molecule has 0 radical (unpaired) electrons. The van der Waals surface area contributed by atoms with E-state index in [1.54, 1.807) is 0 Å². The number of halogens is 1. The molecule has 0 rings (SSSR count). The van der Waals surface area contributed by atoms with Crippen molar-refractivity contribution >= 4 is 17.5 Å². The summed E-state index contributed by atoms with van der Waals surface area (Å²) in [4.78, 5) is 12.2. The van der Waals surface area contributed by atoms with Gasteiger partial charge < -0.3 is 4.90 Å². The Kier molecular flexibility index (Phi) is 5.07. The van der Waals surface area contributed by atoms with Crippen LogP contribution in [0.5, 0.6) is 0 Å². The number of carbonyl (C=O) groups excluding carboxylic acids is 1. The Morgan fingerprint density at radius 3 is 2.09 bits per heavy atom. The van der Waals surface area contributed by atoms with Crippen LogP contribution in [-0.2, 0) is 4.79 Å². The maximum absolute atomic E-state index is 10.9. The van der Waals surface area contributed by atoms with Crippen molar-refractivity contribution < 1.29 is 4.79 Å². The van der Waals surface area contributed by atoms with Gasteiger partial charge in [0.15, 0.2) is 0 Å². The molecular weight excluding hydrogens is 162 g/mol. The second kappa shape index (κ2) is 5.65. The van der Waals surface area contributed by atoms with E-state index in [9.17, 15) is 4.79 Å². The van der Waals surface area contributed by atoms with Crippen LogP contribution in [0.2, 0.25) is 0 Å². The summed E-state index contributed by atoms with van der Waals surface area (Å²) < 4.78 is 0. The van der Waals surface area contributed by atoms with Crippen LogP contribution in [-0.4, -0.2) is 29.8 Å². The Morgan fingerprint density at radius 2 is 1.82 bits per heavy atom. The van der Waals surface area contributed by atoms with Crippen LogP contribution in [0.15, 0.2) is 0 Å². The van der Waals surface area contributed by atoms with Crippen LogP contribution in [0.25, 0.3) is 0 Å². The molecule has 58 valence electrons. The van der Waals surface area contributed by atoms with Crippen molar-refractivity contribution in [1.29, 1.82) is 0 Å². The summed E-state index contributed by atoms with van der Waals surface area (Å²) in [6.45, 7) is 0.436. The second-order valence-corrected chi connectivity index (χ2v) is 2.06. The summed E-state index contributed by atoms with van der Waals surface area (Å²) in [6, 6.07) is 0. The third-order valence-electron chi connectivity index (χ3n) is 1.03. The van der Waals surface area contributed by atoms with Crippen LogP contribution < -0.4 is 0 Å². The summed E-state index contributed by atoms with van der Waals surface area (Å²) in [6.07, 6.45) is 9.99. The molecule has 0 saturated carbocycles. The second-order valence-electron chi connectivity index (χ2n) is 1.79. The van der Waals surface area contributed by atoms with Crippen molar-refractivity contribution in [3.63, 3.8) is 0 Å². The number of hydrogen-bond acceptors (Lipinski definition) is 1. The van der Waals surface area contributed by atoms with Crippen molar-refractivity contribution in [2.75, 3.05) is 19.0 Å². The van der Waals surface area contributed by atoms with Gasteiger partial charge in [-0.3, -0.25) is 4.79 Å². The molecule has 0 fully saturated rings. The molecular formula is C8H8ClNO. The fourth-order valence-electron chi connectivity index (χ4n) is 0.537. The summed E-state index contributed by atoms with van der Waals surface area (Å²) in [7, 11) is 0. The van der Waals surface area contributed by atoms with E-state index in [-0.39, 0.29) is 24.9 Å². The summed E-state index contributed by atoms with van der Waals surface area (Å²) in [5.74, 6) is 4.32. The van der Waals surface area contributed by atoms with Crippen LogP contribution in [0.4, 0.5) is 0 Å². The first kappa shape index (κ1) is 9.88. The molecule has 0 unspecified atom stereocenters. The Hall–Kier alpha value is -1.12. The molecule has 0 aliphatic carbocycles. The zero-order valence-electron chi connectivity index (χ0n) is 6.01. The number of terminal acetylenes is 2. The Balaban J connectivity index is 4.02. The van der Waals surface area contributed by atoms with Gasteiger partial charge in [-0.05, 0) is 0 Å². The van der Waals surface area contributed by atoms with E-state index in [0.29, 0.717) is 0 Å². The number of amides is 1. The first-order valence-electron chi connectivity index (χ1n) is 2.97. The highest BCUT2D eigenvalue weighted by Gasteiger charge is 2.07. The van der Waals surface area contributed by atoms with Gasteiger partial charge >= 0.3 is 0 Å². The lowest BCUT2D eigenvalue weighted by atomic mass is 10.4. The van der Waals surface area contributed by atoms with Gasteiger partial charge in [0.2, 0.25) is 5.91 Å². The van der Waals surface area contributed by atoms with E-state index in [4.69, 9.17) is 24.4 Å². The van der Waals surface area contributed by atoms with Crippen LogP contribution in [0, 0.1) is 24.7 Å². The average molecular weight is 170 g/mol. The molecule has 11 heavy (non-hydrogen) atoms. The molecule has 3 heteroatoms. The average Bonchev–Trinajstić information content (AvgIpc) is 2.03. The number of carbonyl (C=O) groups is 1. The number of nitrogens with zero attached hydrogens (tertiary/aromatic N) is 1. The normalized spacial score (nSPS) is 7.91. The van der Waals surface area contributed by atoms with Crippen molar-refractivity contribution in [1.82, 2.24) is 4.90 Å². The van der Waals surface area contributed by atoms with Gasteiger partial charge in [-0.2, -0.15) is 0 Å². The molecule has 0 aromatic heterocycles. The van der Waals surface area contributed by atoms with Gasteiger partial charge in [0, 0.05) is 0 Å². The minimum absolute atomic E-state index is 0.0800. The maximum Gasteiger partial charge on any atom is 0.239 e. The van der Waals surface area contributed by atoms with E-state index >= 15 is 0 Å². The van der Waals surface area contributed by atoms with Gasteiger partial charge in [0.05, 0.1) is 13.1 Å². The van der Waals surface area contributed by atoms with E-state index in [2.05, 4.69) is 11.8 Å². The summed E-state index contributed by atoms with van der Waals surface area (Å²) >= 11 is 5.29. The highest BCUT2D eigenvalue weighted by Crippen LogP contribution is 1.90. The largest absolute Gasteiger partial charge is 0.319 e. The third-order valence-corrected chi connectivity index (χ3v) is 1.26. The Labute approximate surface area is 71.5 Å². The lowest BCUT2D eigenvalue weighted by Crippen LogP contribution is -2.32. The fraction of sp³-hybridized carbons (Fsp3) is 0.375. The van der Waals surface area contributed by atoms with Gasteiger partial charge in [-0.1, -0.05) is 11.8 Å². The SMILES string of the molecule is C#CCN(CC#C)C(=O)CCl. The van der Waals surface area contributed by atoms with E-state index in [0.717, 1.165) is 0 Å². The first-order chi connectivity index (χ1) is 5.26. The molecule has 0 aromatic rings. The van der Waals surface area contributed by atoms with Gasteiger partial charge in [-0.15, -0.1) is 24.4 Å². The van der Waals surface area contributed by atoms with Crippen molar-refractivity contribution in [3.05, 3.63) is 0 Å². The zero-order chi connectivity index (χ0) is 8.69. The van der Waals surface area contributed by atoms with Crippen LogP contribution >= 0.6 is 11.6 Å². The molecule has 0 spiro atoms. The lowest BCUT2D eigenvalue weighted by molar-refractivity contribution is -0.127. The van der Waals surface area contributed by atoms with Crippen LogP contribution in [0.1, 0.15) is 0 Å². The van der Waals surface area contributed by atoms with Crippen molar-refractivity contribution in [2.24, 2.45) is 0 Å². The molecule has 0 aliphatic heterocycles. The maximum atomic E-state index is 10.9. The molecule has 2 nitrogen and oxygen atoms in total. The zero-order valence-corrected chi connectivity index (χ0v) is 6.77. The Bertz CT molecular complexity index is 195. The minimum Gasteiger partial charge on any atom is -0.319 e. The smallest absolute Gasteiger partial charge is 0.239 e. The molecule has 0 heterocycles. The van der Waals surface area contributed by atoms with Crippen molar-refractivity contribution in [2.45, 2.75) is 0 Å². The van der Waals surface area contributed by atoms with Crippen LogP contribution in [0.3, 0.4) is 0 Å². The van der Waals surface area contributed by atoms with Gasteiger partial charge in [0.25, 0.3) is 0 Å². The molecule has 0 N–H and O–H groups in total. The van der Waals surface area contributed by atoms with Crippen molar-refractivity contribution in [3.8, 4) is 24.7 Å². The highest BCUT2D eigenvalue weighted by atomic mass is 35.5. The molecule has 0 bridgehead atoms. The minimum atomic E-state index is -0.234. The predicted molar refractivity (Wildman–Crippen MR) is 45.0 cm³/mol. The van der Waals surface area contributed by atoms with E-state index < -0.39 is 0 Å². The molecule has 0 saturated heterocycles. The first-order valence-corrected chi connectivity index (χ1v) is 3.50. The number of hydrogen-bond donors (Lipinski definition) is 0. The lowest BCUT2D eigenvalue weighted by Gasteiger charge is -2.14. The predicted octanol–water partition coefficient (Wildman–Crippen LogP) is 0.320. The van der Waals surface area contributed by atoms with E-state index in [1.807, 2.05) is 0 Å². The summed E-state index contributed by atoms with van der Waals surface area (Å²) in [5.41, 5.74) is 0. The quantitative estimate of drug-likeness (QED) is 0.440. The van der Waals surface area contributed by atoms with E-state index in [1.165, 1.54) is 4.90 Å². The Morgan fingerprint density at radius 1 is 1.36 bits per heavy atom.